The van der Waals surface area contributed by atoms with Crippen molar-refractivity contribution in [3.8, 4) is 5.75 Å². The number of phenols is 1. The van der Waals surface area contributed by atoms with Crippen LogP contribution in [0.1, 0.15) is 51.0 Å². The molecule has 0 heterocycles. The van der Waals surface area contributed by atoms with E-state index in [1.807, 2.05) is 12.1 Å². The molecule has 3 nitrogen and oxygen atoms in total. The van der Waals surface area contributed by atoms with Gasteiger partial charge in [0.05, 0.1) is 6.42 Å². The summed E-state index contributed by atoms with van der Waals surface area (Å²) in [5.74, 6) is 3.10. The van der Waals surface area contributed by atoms with Crippen molar-refractivity contribution in [3.63, 3.8) is 0 Å². The van der Waals surface area contributed by atoms with E-state index < -0.39 is 0 Å². The van der Waals surface area contributed by atoms with Crippen molar-refractivity contribution in [2.75, 3.05) is 0 Å². The van der Waals surface area contributed by atoms with Gasteiger partial charge in [0.2, 0.25) is 5.91 Å². The van der Waals surface area contributed by atoms with Crippen LogP contribution in [0.15, 0.2) is 24.3 Å². The lowest BCUT2D eigenvalue weighted by Crippen LogP contribution is -2.56. The number of rotatable bonds is 4. The van der Waals surface area contributed by atoms with Gasteiger partial charge in [0.15, 0.2) is 0 Å². The molecular formula is C20H27NO2. The molecule has 1 aromatic carbocycles. The summed E-state index contributed by atoms with van der Waals surface area (Å²) >= 11 is 0. The summed E-state index contributed by atoms with van der Waals surface area (Å²) in [6, 6.07) is 7.21. The van der Waals surface area contributed by atoms with E-state index in [-0.39, 0.29) is 17.7 Å². The summed E-state index contributed by atoms with van der Waals surface area (Å²) in [6.07, 6.45) is 8.67. The lowest BCUT2D eigenvalue weighted by Gasteiger charge is -2.59. The Morgan fingerprint density at radius 1 is 1.13 bits per heavy atom. The van der Waals surface area contributed by atoms with Gasteiger partial charge in [-0.05, 0) is 86.3 Å². The topological polar surface area (TPSA) is 49.3 Å². The molecule has 3 heteroatoms. The smallest absolute Gasteiger partial charge is 0.224 e. The van der Waals surface area contributed by atoms with E-state index in [9.17, 15) is 9.90 Å². The molecule has 0 unspecified atom stereocenters. The third kappa shape index (κ3) is 2.86. The summed E-state index contributed by atoms with van der Waals surface area (Å²) in [6.45, 7) is 2.22. The number of benzene rings is 1. The van der Waals surface area contributed by atoms with Crippen molar-refractivity contribution < 1.29 is 9.90 Å². The summed E-state index contributed by atoms with van der Waals surface area (Å²) < 4.78 is 0. The number of amides is 1. The SMILES string of the molecule is C[C@@H](NC(=O)Cc1ccc(O)cc1)C12CC3CC(CC(C3)C1)C2. The van der Waals surface area contributed by atoms with Crippen LogP contribution >= 0.6 is 0 Å². The minimum absolute atomic E-state index is 0.110. The monoisotopic (exact) mass is 313 g/mol. The van der Waals surface area contributed by atoms with Gasteiger partial charge in [-0.1, -0.05) is 12.1 Å². The van der Waals surface area contributed by atoms with Crippen LogP contribution < -0.4 is 5.32 Å². The van der Waals surface area contributed by atoms with Crippen molar-refractivity contribution in [1.82, 2.24) is 5.32 Å². The molecule has 4 saturated carbocycles. The van der Waals surface area contributed by atoms with Crippen molar-refractivity contribution in [2.24, 2.45) is 23.2 Å². The van der Waals surface area contributed by atoms with Crippen molar-refractivity contribution in [1.29, 1.82) is 0 Å². The maximum Gasteiger partial charge on any atom is 0.224 e. The molecule has 2 N–H and O–H groups in total. The van der Waals surface area contributed by atoms with Crippen LogP contribution in [0.25, 0.3) is 0 Å². The predicted molar refractivity (Wildman–Crippen MR) is 90.0 cm³/mol. The zero-order chi connectivity index (χ0) is 16.0. The number of nitrogens with one attached hydrogen (secondary N) is 1. The maximum absolute atomic E-state index is 12.4. The standard InChI is InChI=1S/C20H27NO2/c1-13(21-19(23)9-14-2-4-18(22)5-3-14)20-10-15-6-16(11-20)8-17(7-15)12-20/h2-5,13,15-17,22H,6-12H2,1H3,(H,21,23)/t13-,15?,16?,17?,20?/m1/s1. The van der Waals surface area contributed by atoms with Crippen molar-refractivity contribution in [3.05, 3.63) is 29.8 Å². The first kappa shape index (κ1) is 15.0. The molecule has 4 aliphatic carbocycles. The van der Waals surface area contributed by atoms with E-state index >= 15 is 0 Å². The first-order valence-corrected chi connectivity index (χ1v) is 9.10. The minimum Gasteiger partial charge on any atom is -0.508 e. The molecule has 1 atom stereocenters. The van der Waals surface area contributed by atoms with E-state index in [4.69, 9.17) is 0 Å². The number of carbonyl (C=O) groups excluding carboxylic acids is 1. The molecule has 4 aliphatic rings. The molecule has 124 valence electrons. The summed E-state index contributed by atoms with van der Waals surface area (Å²) in [4.78, 5) is 12.4. The molecule has 0 aromatic heterocycles. The van der Waals surface area contributed by atoms with Gasteiger partial charge in [0.25, 0.3) is 0 Å². The molecule has 1 amide bonds. The first-order valence-electron chi connectivity index (χ1n) is 9.10. The molecule has 0 radical (unpaired) electrons. The Morgan fingerprint density at radius 3 is 2.17 bits per heavy atom. The zero-order valence-electron chi connectivity index (χ0n) is 13.9. The van der Waals surface area contributed by atoms with Gasteiger partial charge in [-0.3, -0.25) is 4.79 Å². The van der Waals surface area contributed by atoms with Gasteiger partial charge < -0.3 is 10.4 Å². The molecule has 0 spiro atoms. The third-order valence-electron chi connectivity index (χ3n) is 6.68. The second-order valence-electron chi connectivity index (χ2n) is 8.41. The van der Waals surface area contributed by atoms with E-state index in [1.54, 1.807) is 12.1 Å². The summed E-state index contributed by atoms with van der Waals surface area (Å²) in [7, 11) is 0. The van der Waals surface area contributed by atoms with Crippen LogP contribution in [0.2, 0.25) is 0 Å². The average molecular weight is 313 g/mol. The van der Waals surface area contributed by atoms with Gasteiger partial charge in [-0.25, -0.2) is 0 Å². The van der Waals surface area contributed by atoms with Crippen LogP contribution in [-0.4, -0.2) is 17.1 Å². The Hall–Kier alpha value is -1.51. The maximum atomic E-state index is 12.4. The highest BCUT2D eigenvalue weighted by Gasteiger charge is 2.53. The number of aromatic hydroxyl groups is 1. The number of phenolic OH excluding ortho intramolecular Hbond substituents is 1. The van der Waals surface area contributed by atoms with Crippen LogP contribution in [0, 0.1) is 23.2 Å². The molecular weight excluding hydrogens is 286 g/mol. The number of carbonyl (C=O) groups is 1. The fourth-order valence-corrected chi connectivity index (χ4v) is 5.95. The Morgan fingerprint density at radius 2 is 1.65 bits per heavy atom. The molecule has 4 bridgehead atoms. The van der Waals surface area contributed by atoms with Crippen LogP contribution in [0.3, 0.4) is 0 Å². The quantitative estimate of drug-likeness (QED) is 0.891. The summed E-state index contributed by atoms with van der Waals surface area (Å²) in [5, 5.41) is 12.6. The Labute approximate surface area is 138 Å². The molecule has 5 rings (SSSR count). The van der Waals surface area contributed by atoms with E-state index in [0.29, 0.717) is 11.8 Å². The van der Waals surface area contributed by atoms with Gasteiger partial charge in [-0.15, -0.1) is 0 Å². The first-order chi connectivity index (χ1) is 11.0. The molecule has 0 saturated heterocycles. The van der Waals surface area contributed by atoms with Gasteiger partial charge >= 0.3 is 0 Å². The van der Waals surface area contributed by atoms with E-state index in [0.717, 1.165) is 23.3 Å². The average Bonchev–Trinajstić information content (AvgIpc) is 2.48. The second-order valence-corrected chi connectivity index (χ2v) is 8.41. The normalized spacial score (nSPS) is 36.0. The molecule has 0 aliphatic heterocycles. The predicted octanol–water partition coefficient (Wildman–Crippen LogP) is 3.66. The Bertz CT molecular complexity index is 557. The largest absolute Gasteiger partial charge is 0.508 e. The summed E-state index contributed by atoms with van der Waals surface area (Å²) in [5.41, 5.74) is 1.32. The fraction of sp³-hybridized carbons (Fsp3) is 0.650. The van der Waals surface area contributed by atoms with Gasteiger partial charge in [0, 0.05) is 6.04 Å². The second kappa shape index (κ2) is 5.54. The van der Waals surface area contributed by atoms with Crippen molar-refractivity contribution >= 4 is 5.91 Å². The number of hydrogen-bond donors (Lipinski definition) is 2. The third-order valence-corrected chi connectivity index (χ3v) is 6.68. The van der Waals surface area contributed by atoms with Gasteiger partial charge in [0.1, 0.15) is 5.75 Å². The van der Waals surface area contributed by atoms with E-state index in [1.165, 1.54) is 38.5 Å². The fourth-order valence-electron chi connectivity index (χ4n) is 5.95. The minimum atomic E-state index is 0.110. The highest BCUT2D eigenvalue weighted by atomic mass is 16.3. The Kier molecular flexibility index (Phi) is 3.62. The molecule has 23 heavy (non-hydrogen) atoms. The molecule has 1 aromatic rings. The zero-order valence-corrected chi connectivity index (χ0v) is 13.9. The highest BCUT2D eigenvalue weighted by molar-refractivity contribution is 5.79. The van der Waals surface area contributed by atoms with Gasteiger partial charge in [-0.2, -0.15) is 0 Å². The lowest BCUT2D eigenvalue weighted by atomic mass is 9.48. The highest BCUT2D eigenvalue weighted by Crippen LogP contribution is 2.61. The van der Waals surface area contributed by atoms with Crippen molar-refractivity contribution in [2.45, 2.75) is 57.9 Å². The molecule has 4 fully saturated rings. The lowest BCUT2D eigenvalue weighted by molar-refractivity contribution is -0.125. The van der Waals surface area contributed by atoms with Crippen LogP contribution in [0.4, 0.5) is 0 Å². The van der Waals surface area contributed by atoms with Crippen LogP contribution in [-0.2, 0) is 11.2 Å². The van der Waals surface area contributed by atoms with E-state index in [2.05, 4.69) is 12.2 Å². The van der Waals surface area contributed by atoms with Crippen LogP contribution in [0.5, 0.6) is 5.75 Å². The number of hydrogen-bond acceptors (Lipinski definition) is 2. The Balaban J connectivity index is 1.40.